The molecule has 0 aromatic heterocycles. The van der Waals surface area contributed by atoms with E-state index in [1.165, 1.54) is 23.4 Å². The summed E-state index contributed by atoms with van der Waals surface area (Å²) >= 11 is 5.31. The van der Waals surface area contributed by atoms with Gasteiger partial charge in [0.25, 0.3) is 0 Å². The van der Waals surface area contributed by atoms with Gasteiger partial charge in [-0.25, -0.2) is 8.42 Å². The molecule has 0 unspecified atom stereocenters. The molecule has 1 aromatic rings. The fourth-order valence-electron chi connectivity index (χ4n) is 2.51. The van der Waals surface area contributed by atoms with Crippen LogP contribution in [0, 0.1) is 0 Å². The maximum absolute atomic E-state index is 12.7. The lowest BCUT2D eigenvalue weighted by Gasteiger charge is -2.35. The van der Waals surface area contributed by atoms with Crippen LogP contribution in [-0.2, 0) is 14.8 Å². The quantitative estimate of drug-likeness (QED) is 0.439. The van der Waals surface area contributed by atoms with E-state index in [-0.39, 0.29) is 10.7 Å². The largest absolute Gasteiger partial charge is 0.383 e. The monoisotopic (exact) mass is 385 g/mol. The van der Waals surface area contributed by atoms with Crippen LogP contribution in [0.1, 0.15) is 17.3 Å². The first kappa shape index (κ1) is 19.8. The molecule has 0 radical (unpaired) electrons. The minimum Gasteiger partial charge on any atom is -0.383 e. The zero-order valence-electron chi connectivity index (χ0n) is 14.4. The number of thiocarbonyl (C=S) groups is 1. The molecule has 0 atom stereocenters. The van der Waals surface area contributed by atoms with Gasteiger partial charge >= 0.3 is 0 Å². The van der Waals surface area contributed by atoms with Gasteiger partial charge in [-0.3, -0.25) is 4.79 Å². The Kier molecular flexibility index (Phi) is 6.88. The van der Waals surface area contributed by atoms with Gasteiger partial charge in [-0.2, -0.15) is 4.31 Å². The van der Waals surface area contributed by atoms with Crippen molar-refractivity contribution in [3.63, 3.8) is 0 Å². The molecule has 1 aliphatic heterocycles. The Balaban J connectivity index is 1.96. The van der Waals surface area contributed by atoms with E-state index in [2.05, 4.69) is 5.32 Å². The molecule has 0 bridgehead atoms. The highest BCUT2D eigenvalue weighted by atomic mass is 32.2. The topological polar surface area (TPSA) is 79.0 Å². The molecule has 1 aliphatic rings. The van der Waals surface area contributed by atoms with Crippen molar-refractivity contribution in [1.82, 2.24) is 14.5 Å². The van der Waals surface area contributed by atoms with Crippen LogP contribution in [0.15, 0.2) is 29.2 Å². The fraction of sp³-hybridized carbons (Fsp3) is 0.500. The van der Waals surface area contributed by atoms with Gasteiger partial charge in [0.2, 0.25) is 10.0 Å². The minimum atomic E-state index is -3.56. The average Bonchev–Trinajstić information content (AvgIpc) is 2.62. The van der Waals surface area contributed by atoms with E-state index in [0.29, 0.717) is 50.0 Å². The Hall–Kier alpha value is -1.55. The first-order valence-electron chi connectivity index (χ1n) is 7.99. The van der Waals surface area contributed by atoms with E-state index < -0.39 is 10.0 Å². The van der Waals surface area contributed by atoms with Crippen molar-refractivity contribution in [3.05, 3.63) is 29.8 Å². The molecule has 1 aromatic carbocycles. The van der Waals surface area contributed by atoms with Crippen molar-refractivity contribution in [2.24, 2.45) is 0 Å². The molecule has 0 spiro atoms. The predicted molar refractivity (Wildman–Crippen MR) is 99.3 cm³/mol. The Morgan fingerprint density at radius 3 is 2.32 bits per heavy atom. The standard InChI is InChI=1S/C16H23N3O4S2/c1-13(20)14-3-5-15(6-4-14)25(21,22)19-10-8-18(9-11-19)16(24)17-7-12-23-2/h3-6H,7-12H2,1-2H3,(H,17,24). The third-order valence-electron chi connectivity index (χ3n) is 4.01. The van der Waals surface area contributed by atoms with Crippen molar-refractivity contribution < 1.29 is 17.9 Å². The lowest BCUT2D eigenvalue weighted by molar-refractivity contribution is 0.101. The van der Waals surface area contributed by atoms with Crippen LogP contribution in [0.4, 0.5) is 0 Å². The SMILES string of the molecule is COCCNC(=S)N1CCN(S(=O)(=O)c2ccc(C(C)=O)cc2)CC1. The number of ketones is 1. The summed E-state index contributed by atoms with van der Waals surface area (Å²) in [4.78, 5) is 13.5. The molecule has 9 heteroatoms. The summed E-state index contributed by atoms with van der Waals surface area (Å²) < 4.78 is 31.8. The Morgan fingerprint density at radius 1 is 1.20 bits per heavy atom. The van der Waals surface area contributed by atoms with Crippen LogP contribution in [0.2, 0.25) is 0 Å². The van der Waals surface area contributed by atoms with Gasteiger partial charge in [0.1, 0.15) is 0 Å². The number of sulfonamides is 1. The second-order valence-electron chi connectivity index (χ2n) is 5.70. The van der Waals surface area contributed by atoms with Gasteiger partial charge in [-0.1, -0.05) is 12.1 Å². The molecule has 25 heavy (non-hydrogen) atoms. The maximum atomic E-state index is 12.7. The Bertz CT molecular complexity index is 711. The normalized spacial score (nSPS) is 15.8. The van der Waals surface area contributed by atoms with E-state index in [1.807, 2.05) is 4.90 Å². The number of nitrogens with zero attached hydrogens (tertiary/aromatic N) is 2. The number of methoxy groups -OCH3 is 1. The molecular weight excluding hydrogens is 362 g/mol. The zero-order valence-corrected chi connectivity index (χ0v) is 16.0. The molecule has 7 nitrogen and oxygen atoms in total. The third-order valence-corrected chi connectivity index (χ3v) is 6.32. The summed E-state index contributed by atoms with van der Waals surface area (Å²) in [5.74, 6) is -0.0907. The van der Waals surface area contributed by atoms with Crippen LogP contribution < -0.4 is 5.32 Å². The number of Topliss-reactive ketones (excluding diaryl/α,β-unsaturated/α-hetero) is 1. The van der Waals surface area contributed by atoms with Gasteiger partial charge in [-0.05, 0) is 31.3 Å². The third kappa shape index (κ3) is 4.97. The van der Waals surface area contributed by atoms with Crippen LogP contribution in [0.3, 0.4) is 0 Å². The minimum absolute atomic E-state index is 0.0907. The van der Waals surface area contributed by atoms with Gasteiger partial charge < -0.3 is 15.0 Å². The van der Waals surface area contributed by atoms with Crippen LogP contribution in [-0.4, -0.2) is 75.0 Å². The van der Waals surface area contributed by atoms with Crippen molar-refractivity contribution in [1.29, 1.82) is 0 Å². The highest BCUT2D eigenvalue weighted by Gasteiger charge is 2.29. The summed E-state index contributed by atoms with van der Waals surface area (Å²) in [6, 6.07) is 6.05. The number of hydrogen-bond donors (Lipinski definition) is 1. The lowest BCUT2D eigenvalue weighted by Crippen LogP contribution is -2.53. The van der Waals surface area contributed by atoms with Crippen LogP contribution in [0.5, 0.6) is 0 Å². The highest BCUT2D eigenvalue weighted by molar-refractivity contribution is 7.89. The van der Waals surface area contributed by atoms with Crippen molar-refractivity contribution in [3.8, 4) is 0 Å². The molecule has 1 N–H and O–H groups in total. The molecule has 1 fully saturated rings. The first-order chi connectivity index (χ1) is 11.9. The Morgan fingerprint density at radius 2 is 1.80 bits per heavy atom. The molecule has 0 saturated carbocycles. The maximum Gasteiger partial charge on any atom is 0.243 e. The number of benzene rings is 1. The average molecular weight is 386 g/mol. The number of ether oxygens (including phenoxy) is 1. The van der Waals surface area contributed by atoms with Crippen molar-refractivity contribution in [2.75, 3.05) is 46.4 Å². The van der Waals surface area contributed by atoms with E-state index in [0.717, 1.165) is 0 Å². The summed E-state index contributed by atoms with van der Waals surface area (Å²) in [6.45, 7) is 4.42. The predicted octanol–water partition coefficient (Wildman–Crippen LogP) is 0.716. The highest BCUT2D eigenvalue weighted by Crippen LogP contribution is 2.18. The number of carbonyl (C=O) groups is 1. The molecule has 2 rings (SSSR count). The summed E-state index contributed by atoms with van der Waals surface area (Å²) in [6.07, 6.45) is 0. The van der Waals surface area contributed by atoms with Crippen molar-refractivity contribution >= 4 is 33.1 Å². The summed E-state index contributed by atoms with van der Waals surface area (Å²) in [5.41, 5.74) is 0.497. The van der Waals surface area contributed by atoms with E-state index in [4.69, 9.17) is 17.0 Å². The van der Waals surface area contributed by atoms with Crippen LogP contribution in [0.25, 0.3) is 0 Å². The van der Waals surface area contributed by atoms with E-state index in [9.17, 15) is 13.2 Å². The number of hydrogen-bond acceptors (Lipinski definition) is 5. The van der Waals surface area contributed by atoms with E-state index >= 15 is 0 Å². The molecule has 1 heterocycles. The second kappa shape index (κ2) is 8.70. The number of piperazine rings is 1. The second-order valence-corrected chi connectivity index (χ2v) is 8.02. The van der Waals surface area contributed by atoms with Gasteiger partial charge in [0.05, 0.1) is 11.5 Å². The smallest absolute Gasteiger partial charge is 0.243 e. The van der Waals surface area contributed by atoms with Crippen LogP contribution >= 0.6 is 12.2 Å². The molecule has 0 amide bonds. The number of nitrogens with one attached hydrogen (secondary N) is 1. The zero-order chi connectivity index (χ0) is 18.4. The van der Waals surface area contributed by atoms with Gasteiger partial charge in [-0.15, -0.1) is 0 Å². The van der Waals surface area contributed by atoms with Gasteiger partial charge in [0.15, 0.2) is 10.9 Å². The molecular formula is C16H23N3O4S2. The Labute approximate surface area is 154 Å². The van der Waals surface area contributed by atoms with Crippen molar-refractivity contribution in [2.45, 2.75) is 11.8 Å². The number of carbonyl (C=O) groups excluding carboxylic acids is 1. The lowest BCUT2D eigenvalue weighted by atomic mass is 10.2. The molecule has 1 saturated heterocycles. The summed E-state index contributed by atoms with van der Waals surface area (Å²) in [5, 5.41) is 3.70. The molecule has 0 aliphatic carbocycles. The first-order valence-corrected chi connectivity index (χ1v) is 9.84. The van der Waals surface area contributed by atoms with E-state index in [1.54, 1.807) is 19.2 Å². The molecule has 138 valence electrons. The number of rotatable bonds is 6. The van der Waals surface area contributed by atoms with Gasteiger partial charge in [0, 0.05) is 45.4 Å². The fourth-order valence-corrected chi connectivity index (χ4v) is 4.22. The summed E-state index contributed by atoms with van der Waals surface area (Å²) in [7, 11) is -1.94.